The van der Waals surface area contributed by atoms with E-state index in [0.29, 0.717) is 12.8 Å². The molecule has 0 aliphatic rings. The number of carbonyl (C=O) groups is 4. The van der Waals surface area contributed by atoms with Crippen molar-refractivity contribution in [2.45, 2.75) is 50.9 Å². The predicted octanol–water partition coefficient (Wildman–Crippen LogP) is 0.175. The summed E-state index contributed by atoms with van der Waals surface area (Å²) < 4.78 is 0. The third-order valence-corrected chi connectivity index (χ3v) is 5.12. The minimum absolute atomic E-state index is 0.0208. The van der Waals surface area contributed by atoms with Gasteiger partial charge in [0.05, 0.1) is 0 Å². The van der Waals surface area contributed by atoms with Gasteiger partial charge >= 0.3 is 23.9 Å². The molecular weight excluding hydrogens is 512 g/mol. The van der Waals surface area contributed by atoms with E-state index in [1.807, 2.05) is 36.6 Å². The largest absolute Gasteiger partial charge is 0.480 e. The van der Waals surface area contributed by atoms with E-state index in [9.17, 15) is 19.2 Å². The number of hydrogen-bond donors (Lipinski definition) is 9. The molecule has 0 aromatic heterocycles. The normalized spacial score (nSPS) is 13.1. The quantitative estimate of drug-likeness (QED) is 0.166. The molecule has 0 aliphatic carbocycles. The van der Waals surface area contributed by atoms with Gasteiger partial charge in [-0.2, -0.15) is 24.4 Å². The molecule has 14 heteroatoms. The SMILES string of the molecule is CC(C)[C@H](N)C(=O)O.CSCC[C@H](N)C(=O)O.N[C@@H](CS)C(=O)O.N[C@@H](Cc1ccccc1)C(=O)O. The van der Waals surface area contributed by atoms with E-state index >= 15 is 0 Å². The van der Waals surface area contributed by atoms with Crippen molar-refractivity contribution in [3.05, 3.63) is 35.9 Å². The van der Waals surface area contributed by atoms with Crippen LogP contribution in [0.4, 0.5) is 0 Å². The van der Waals surface area contributed by atoms with Crippen molar-refractivity contribution in [1.82, 2.24) is 0 Å². The Labute approximate surface area is 221 Å². The lowest BCUT2D eigenvalue weighted by atomic mass is 10.1. The molecule has 12 nitrogen and oxygen atoms in total. The highest BCUT2D eigenvalue weighted by atomic mass is 32.2. The summed E-state index contributed by atoms with van der Waals surface area (Å²) in [6, 6.07) is 6.33. The lowest BCUT2D eigenvalue weighted by Crippen LogP contribution is -2.34. The van der Waals surface area contributed by atoms with Crippen LogP contribution in [0.3, 0.4) is 0 Å². The maximum atomic E-state index is 10.4. The van der Waals surface area contributed by atoms with Crippen LogP contribution in [0, 0.1) is 5.92 Å². The Bertz CT molecular complexity index is 757. The number of carboxylic acids is 4. The van der Waals surface area contributed by atoms with Crippen molar-refractivity contribution in [2.24, 2.45) is 28.9 Å². The summed E-state index contributed by atoms with van der Waals surface area (Å²) >= 11 is 5.25. The topological polar surface area (TPSA) is 253 Å². The van der Waals surface area contributed by atoms with Gasteiger partial charge in [-0.15, -0.1) is 0 Å². The third-order valence-electron chi connectivity index (χ3n) is 4.08. The molecule has 0 saturated carbocycles. The summed E-state index contributed by atoms with van der Waals surface area (Å²) in [5.41, 5.74) is 21.6. The van der Waals surface area contributed by atoms with E-state index in [1.165, 1.54) is 0 Å². The van der Waals surface area contributed by atoms with Crippen molar-refractivity contribution in [3.8, 4) is 0 Å². The Hall–Kier alpha value is -2.36. The van der Waals surface area contributed by atoms with Crippen molar-refractivity contribution < 1.29 is 39.6 Å². The van der Waals surface area contributed by atoms with Crippen LogP contribution in [0.1, 0.15) is 25.8 Å². The number of thioether (sulfide) groups is 1. The molecule has 0 fully saturated rings. The smallest absolute Gasteiger partial charge is 0.321 e. The first-order chi connectivity index (χ1) is 16.6. The third kappa shape index (κ3) is 23.4. The standard InChI is InChI=1S/C9H11NO2.C5H11NO2S.C5H11NO2.C3H7NO2S/c10-8(9(11)12)6-7-4-2-1-3-5-7;1-9-3-2-4(6)5(7)8;1-3(2)4(6)5(7)8;4-2(1-7)3(5)6/h1-5,8H,6,10H2,(H,11,12);4H,2-3,6H2,1H3,(H,7,8);3-4H,6H2,1-2H3,(H,7,8);2,7H,1,4H2,(H,5,6)/t8-;2*4-;2-/m0000/s1. The first-order valence-corrected chi connectivity index (χ1v) is 12.7. The average Bonchev–Trinajstić information content (AvgIpc) is 2.82. The van der Waals surface area contributed by atoms with Gasteiger partial charge in [0.15, 0.2) is 0 Å². The van der Waals surface area contributed by atoms with Crippen molar-refractivity contribution in [2.75, 3.05) is 17.8 Å². The molecule has 1 aromatic rings. The zero-order valence-corrected chi connectivity index (χ0v) is 22.4. The van der Waals surface area contributed by atoms with E-state index in [4.69, 9.17) is 43.4 Å². The summed E-state index contributed by atoms with van der Waals surface area (Å²) in [5, 5.41) is 33.0. The number of rotatable bonds is 11. The van der Waals surface area contributed by atoms with Crippen LogP contribution in [0.15, 0.2) is 30.3 Å². The molecule has 0 unspecified atom stereocenters. The highest BCUT2D eigenvalue weighted by Gasteiger charge is 2.14. The number of benzene rings is 1. The number of nitrogens with two attached hydrogens (primary N) is 4. The van der Waals surface area contributed by atoms with E-state index in [1.54, 1.807) is 25.6 Å². The molecule has 0 bridgehead atoms. The number of aliphatic carboxylic acids is 4. The first-order valence-electron chi connectivity index (χ1n) is 10.7. The monoisotopic (exact) mass is 552 g/mol. The molecule has 0 spiro atoms. The van der Waals surface area contributed by atoms with Gasteiger partial charge in [0.25, 0.3) is 0 Å². The lowest BCUT2D eigenvalue weighted by Gasteiger charge is -2.07. The molecule has 0 radical (unpaired) electrons. The fraction of sp³-hybridized carbons (Fsp3) is 0.545. The molecular formula is C22H40N4O8S2. The fourth-order valence-electron chi connectivity index (χ4n) is 1.69. The van der Waals surface area contributed by atoms with Crippen LogP contribution in [-0.4, -0.2) is 86.2 Å². The maximum Gasteiger partial charge on any atom is 0.321 e. The second kappa shape index (κ2) is 23.1. The lowest BCUT2D eigenvalue weighted by molar-refractivity contribution is -0.140. The Balaban J connectivity index is -0.000000414. The minimum atomic E-state index is -1.00. The number of hydrogen-bond acceptors (Lipinski definition) is 10. The molecule has 1 rings (SSSR count). The van der Waals surface area contributed by atoms with Gasteiger partial charge in [0.2, 0.25) is 0 Å². The van der Waals surface area contributed by atoms with Crippen LogP contribution < -0.4 is 22.9 Å². The molecule has 1 aromatic carbocycles. The highest BCUT2D eigenvalue weighted by molar-refractivity contribution is 7.98. The zero-order chi connectivity index (χ0) is 28.8. The molecule has 4 atom stereocenters. The van der Waals surface area contributed by atoms with Crippen molar-refractivity contribution >= 4 is 48.3 Å². The van der Waals surface area contributed by atoms with Crippen LogP contribution in [0.5, 0.6) is 0 Å². The molecule has 12 N–H and O–H groups in total. The zero-order valence-electron chi connectivity index (χ0n) is 20.7. The number of thiol groups is 1. The Kier molecular flexibility index (Phi) is 24.5. The molecule has 208 valence electrons. The average molecular weight is 553 g/mol. The second-order valence-corrected chi connectivity index (χ2v) is 8.95. The molecule has 0 aliphatic heterocycles. The molecule has 0 saturated heterocycles. The maximum absolute atomic E-state index is 10.4. The van der Waals surface area contributed by atoms with Crippen molar-refractivity contribution in [3.63, 3.8) is 0 Å². The van der Waals surface area contributed by atoms with Gasteiger partial charge < -0.3 is 43.4 Å². The summed E-state index contributed by atoms with van der Waals surface area (Å²) in [4.78, 5) is 40.2. The van der Waals surface area contributed by atoms with E-state index < -0.39 is 48.0 Å². The van der Waals surface area contributed by atoms with Gasteiger partial charge in [-0.25, -0.2) is 0 Å². The first kappa shape index (κ1) is 38.2. The Morgan fingerprint density at radius 2 is 1.25 bits per heavy atom. The summed E-state index contributed by atoms with van der Waals surface area (Å²) in [6.45, 7) is 3.55. The van der Waals surface area contributed by atoms with Crippen molar-refractivity contribution in [1.29, 1.82) is 0 Å². The van der Waals surface area contributed by atoms with Gasteiger partial charge in [-0.05, 0) is 36.3 Å². The van der Waals surface area contributed by atoms with Gasteiger partial charge in [0.1, 0.15) is 24.2 Å². The summed E-state index contributed by atoms with van der Waals surface area (Å²) in [6.07, 6.45) is 2.86. The molecule has 0 amide bonds. The van der Waals surface area contributed by atoms with E-state index in [2.05, 4.69) is 12.6 Å². The van der Waals surface area contributed by atoms with Crippen LogP contribution >= 0.6 is 24.4 Å². The minimum Gasteiger partial charge on any atom is -0.480 e. The fourth-order valence-corrected chi connectivity index (χ4v) is 2.33. The van der Waals surface area contributed by atoms with Gasteiger partial charge in [0, 0.05) is 5.75 Å². The molecule has 0 heterocycles. The van der Waals surface area contributed by atoms with E-state index in [-0.39, 0.29) is 11.7 Å². The second-order valence-electron chi connectivity index (χ2n) is 7.60. The molecule has 36 heavy (non-hydrogen) atoms. The summed E-state index contributed by atoms with van der Waals surface area (Å²) in [5.74, 6) is -2.78. The Morgan fingerprint density at radius 1 is 0.806 bits per heavy atom. The highest BCUT2D eigenvalue weighted by Crippen LogP contribution is 2.01. The van der Waals surface area contributed by atoms with E-state index in [0.717, 1.165) is 11.3 Å². The Morgan fingerprint density at radius 3 is 1.50 bits per heavy atom. The van der Waals surface area contributed by atoms with Crippen LogP contribution in [-0.2, 0) is 25.6 Å². The predicted molar refractivity (Wildman–Crippen MR) is 144 cm³/mol. The van der Waals surface area contributed by atoms with Gasteiger partial charge in [-0.3, -0.25) is 19.2 Å². The number of carboxylic acid groups (broad SMARTS) is 4. The van der Waals surface area contributed by atoms with Gasteiger partial charge in [-0.1, -0.05) is 44.2 Å². The van der Waals surface area contributed by atoms with Crippen LogP contribution in [0.25, 0.3) is 0 Å². The summed E-state index contributed by atoms with van der Waals surface area (Å²) in [7, 11) is 0. The van der Waals surface area contributed by atoms with Crippen LogP contribution in [0.2, 0.25) is 0 Å².